The van der Waals surface area contributed by atoms with Gasteiger partial charge >= 0.3 is 0 Å². The van der Waals surface area contributed by atoms with E-state index in [1.165, 1.54) is 18.4 Å². The van der Waals surface area contributed by atoms with Gasteiger partial charge < -0.3 is 15.1 Å². The van der Waals surface area contributed by atoms with Gasteiger partial charge in [-0.3, -0.25) is 0 Å². The molecule has 0 radical (unpaired) electrons. The summed E-state index contributed by atoms with van der Waals surface area (Å²) in [7, 11) is 0. The van der Waals surface area contributed by atoms with Gasteiger partial charge in [-0.05, 0) is 56.0 Å². The predicted octanol–water partition coefficient (Wildman–Crippen LogP) is 1.95. The van der Waals surface area contributed by atoms with Gasteiger partial charge in [-0.1, -0.05) is 12.1 Å². The van der Waals surface area contributed by atoms with Crippen molar-refractivity contribution in [2.24, 2.45) is 0 Å². The summed E-state index contributed by atoms with van der Waals surface area (Å²) in [5.74, 6) is 0.968. The lowest BCUT2D eigenvalue weighted by atomic mass is 9.89. The number of rotatable bonds is 4. The van der Waals surface area contributed by atoms with Crippen LogP contribution in [0.2, 0.25) is 0 Å². The third-order valence-electron chi connectivity index (χ3n) is 3.58. The molecule has 0 aromatic heterocycles. The number of aliphatic hydroxyl groups excluding tert-OH is 1. The Hall–Kier alpha value is -1.06. The largest absolute Gasteiger partial charge is 0.508 e. The monoisotopic (exact) mass is 235 g/mol. The molecule has 2 N–H and O–H groups in total. The van der Waals surface area contributed by atoms with E-state index in [1.807, 2.05) is 12.1 Å². The van der Waals surface area contributed by atoms with Crippen LogP contribution >= 0.6 is 0 Å². The Bertz CT molecular complexity index is 329. The van der Waals surface area contributed by atoms with Crippen LogP contribution in [-0.2, 0) is 0 Å². The molecule has 1 aliphatic rings. The highest BCUT2D eigenvalue weighted by atomic mass is 16.3. The molecule has 3 heteroatoms. The summed E-state index contributed by atoms with van der Waals surface area (Å²) in [6, 6.07) is 7.60. The molecule has 0 spiro atoms. The van der Waals surface area contributed by atoms with Crippen LogP contribution in [0.15, 0.2) is 24.3 Å². The lowest BCUT2D eigenvalue weighted by molar-refractivity contribution is 0.187. The van der Waals surface area contributed by atoms with Crippen molar-refractivity contribution >= 4 is 0 Å². The van der Waals surface area contributed by atoms with E-state index >= 15 is 0 Å². The van der Waals surface area contributed by atoms with Gasteiger partial charge in [0.1, 0.15) is 5.75 Å². The molecular weight excluding hydrogens is 214 g/mol. The maximum atomic E-state index is 9.26. The number of likely N-dealkylation sites (tertiary alicyclic amines) is 1. The lowest BCUT2D eigenvalue weighted by Crippen LogP contribution is -2.34. The van der Waals surface area contributed by atoms with Crippen LogP contribution in [0.3, 0.4) is 0 Å². The lowest BCUT2D eigenvalue weighted by Gasteiger charge is -2.32. The average molecular weight is 235 g/mol. The highest BCUT2D eigenvalue weighted by Crippen LogP contribution is 2.28. The standard InChI is InChI=1S/C14H21NO2/c16-11-1-8-15-9-6-13(7-10-15)12-2-4-14(17)5-3-12/h2-5,13,16-17H,1,6-11H2. The van der Waals surface area contributed by atoms with Crippen LogP contribution in [0.4, 0.5) is 0 Å². The zero-order valence-corrected chi connectivity index (χ0v) is 10.2. The Labute approximate surface area is 103 Å². The third-order valence-corrected chi connectivity index (χ3v) is 3.58. The summed E-state index contributed by atoms with van der Waals surface area (Å²) in [5.41, 5.74) is 1.34. The summed E-state index contributed by atoms with van der Waals surface area (Å²) in [4.78, 5) is 2.42. The van der Waals surface area contributed by atoms with Crippen LogP contribution in [-0.4, -0.2) is 41.4 Å². The first-order valence-electron chi connectivity index (χ1n) is 6.42. The van der Waals surface area contributed by atoms with E-state index in [0.29, 0.717) is 11.7 Å². The number of benzene rings is 1. The van der Waals surface area contributed by atoms with E-state index in [2.05, 4.69) is 4.90 Å². The summed E-state index contributed by atoms with van der Waals surface area (Å²) in [6.07, 6.45) is 3.23. The van der Waals surface area contributed by atoms with Gasteiger partial charge in [0, 0.05) is 13.2 Å². The number of phenols is 1. The Kier molecular flexibility index (Phi) is 4.40. The minimum Gasteiger partial charge on any atom is -0.508 e. The van der Waals surface area contributed by atoms with E-state index in [4.69, 9.17) is 5.11 Å². The van der Waals surface area contributed by atoms with E-state index in [0.717, 1.165) is 26.1 Å². The normalized spacial score (nSPS) is 18.4. The van der Waals surface area contributed by atoms with Gasteiger partial charge in [0.15, 0.2) is 0 Å². The molecule has 0 saturated carbocycles. The summed E-state index contributed by atoms with van der Waals surface area (Å²) >= 11 is 0. The molecule has 0 amide bonds. The van der Waals surface area contributed by atoms with E-state index in [9.17, 15) is 5.11 Å². The topological polar surface area (TPSA) is 43.7 Å². The van der Waals surface area contributed by atoms with Gasteiger partial charge in [0.05, 0.1) is 0 Å². The van der Waals surface area contributed by atoms with Crippen LogP contribution in [0, 0.1) is 0 Å². The molecule has 0 atom stereocenters. The molecule has 1 aromatic rings. The molecule has 94 valence electrons. The van der Waals surface area contributed by atoms with Crippen LogP contribution in [0.25, 0.3) is 0 Å². The molecule has 1 aromatic carbocycles. The highest BCUT2D eigenvalue weighted by Gasteiger charge is 2.19. The maximum Gasteiger partial charge on any atom is 0.115 e. The Morgan fingerprint density at radius 1 is 1.12 bits per heavy atom. The number of hydrogen-bond donors (Lipinski definition) is 2. The fourth-order valence-corrected chi connectivity index (χ4v) is 2.53. The SMILES string of the molecule is OCCCN1CCC(c2ccc(O)cc2)CC1. The number of hydrogen-bond acceptors (Lipinski definition) is 3. The van der Waals surface area contributed by atoms with Crippen LogP contribution < -0.4 is 0 Å². The maximum absolute atomic E-state index is 9.26. The van der Waals surface area contributed by atoms with Crippen molar-refractivity contribution in [3.8, 4) is 5.75 Å². The van der Waals surface area contributed by atoms with Crippen molar-refractivity contribution in [3.05, 3.63) is 29.8 Å². The summed E-state index contributed by atoms with van der Waals surface area (Å²) < 4.78 is 0. The number of piperidine rings is 1. The molecule has 2 rings (SSSR count). The van der Waals surface area contributed by atoms with Crippen molar-refractivity contribution in [2.75, 3.05) is 26.2 Å². The fourth-order valence-electron chi connectivity index (χ4n) is 2.53. The Morgan fingerprint density at radius 2 is 1.76 bits per heavy atom. The van der Waals surface area contributed by atoms with Crippen molar-refractivity contribution in [2.45, 2.75) is 25.2 Å². The zero-order valence-electron chi connectivity index (χ0n) is 10.2. The average Bonchev–Trinajstić information content (AvgIpc) is 2.38. The third kappa shape index (κ3) is 3.45. The van der Waals surface area contributed by atoms with Crippen LogP contribution in [0.5, 0.6) is 5.75 Å². The molecule has 0 aliphatic carbocycles. The molecule has 0 unspecified atom stereocenters. The number of nitrogens with zero attached hydrogens (tertiary/aromatic N) is 1. The van der Waals surface area contributed by atoms with Crippen molar-refractivity contribution in [1.29, 1.82) is 0 Å². The first-order chi connectivity index (χ1) is 8.29. The fraction of sp³-hybridized carbons (Fsp3) is 0.571. The second kappa shape index (κ2) is 6.03. The van der Waals surface area contributed by atoms with Gasteiger partial charge in [-0.25, -0.2) is 0 Å². The smallest absolute Gasteiger partial charge is 0.115 e. The van der Waals surface area contributed by atoms with E-state index in [-0.39, 0.29) is 6.61 Å². The zero-order chi connectivity index (χ0) is 12.1. The van der Waals surface area contributed by atoms with Gasteiger partial charge in [0.2, 0.25) is 0 Å². The highest BCUT2D eigenvalue weighted by molar-refractivity contribution is 5.28. The van der Waals surface area contributed by atoms with Gasteiger partial charge in [-0.2, -0.15) is 0 Å². The molecule has 0 bridgehead atoms. The second-order valence-electron chi connectivity index (χ2n) is 4.78. The van der Waals surface area contributed by atoms with E-state index < -0.39 is 0 Å². The summed E-state index contributed by atoms with van der Waals surface area (Å²) in [5, 5.41) is 18.1. The van der Waals surface area contributed by atoms with E-state index in [1.54, 1.807) is 12.1 Å². The summed E-state index contributed by atoms with van der Waals surface area (Å²) in [6.45, 7) is 3.54. The molecule has 1 saturated heterocycles. The first kappa shape index (κ1) is 12.4. The molecule has 17 heavy (non-hydrogen) atoms. The van der Waals surface area contributed by atoms with Crippen molar-refractivity contribution in [1.82, 2.24) is 4.90 Å². The number of phenolic OH excluding ortho intramolecular Hbond substituents is 1. The Morgan fingerprint density at radius 3 is 2.35 bits per heavy atom. The quantitative estimate of drug-likeness (QED) is 0.838. The molecule has 3 nitrogen and oxygen atoms in total. The van der Waals surface area contributed by atoms with Crippen molar-refractivity contribution < 1.29 is 10.2 Å². The molecule has 1 fully saturated rings. The van der Waals surface area contributed by atoms with Crippen LogP contribution in [0.1, 0.15) is 30.7 Å². The number of aliphatic hydroxyl groups is 1. The minimum absolute atomic E-state index is 0.290. The molecule has 1 aliphatic heterocycles. The van der Waals surface area contributed by atoms with Gasteiger partial charge in [-0.15, -0.1) is 0 Å². The van der Waals surface area contributed by atoms with Crippen molar-refractivity contribution in [3.63, 3.8) is 0 Å². The second-order valence-corrected chi connectivity index (χ2v) is 4.78. The molecular formula is C14H21NO2. The molecule has 1 heterocycles. The first-order valence-corrected chi connectivity index (χ1v) is 6.42. The Balaban J connectivity index is 1.84. The van der Waals surface area contributed by atoms with Gasteiger partial charge in [0.25, 0.3) is 0 Å². The minimum atomic E-state index is 0.290. The predicted molar refractivity (Wildman–Crippen MR) is 68.2 cm³/mol. The number of aromatic hydroxyl groups is 1.